The fraction of sp³-hybridized carbons (Fsp3) is 0.235. The van der Waals surface area contributed by atoms with Gasteiger partial charge in [-0.25, -0.2) is 0 Å². The van der Waals surface area contributed by atoms with Gasteiger partial charge in [0.05, 0.1) is 6.54 Å². The van der Waals surface area contributed by atoms with E-state index in [1.54, 1.807) is 0 Å². The van der Waals surface area contributed by atoms with Gasteiger partial charge in [-0.2, -0.15) is 0 Å². The van der Waals surface area contributed by atoms with Crippen LogP contribution in [0.3, 0.4) is 0 Å². The Labute approximate surface area is 123 Å². The molecule has 2 aliphatic heterocycles. The summed E-state index contributed by atoms with van der Waals surface area (Å²) in [5.74, 6) is 1.58. The molecule has 2 aromatic carbocycles. The number of nitrogens with zero attached hydrogens (tertiary/aromatic N) is 2. The van der Waals surface area contributed by atoms with Crippen molar-refractivity contribution in [3.8, 4) is 0 Å². The van der Waals surface area contributed by atoms with E-state index in [0.717, 1.165) is 24.7 Å². The second kappa shape index (κ2) is 4.64. The molecule has 0 spiro atoms. The van der Waals surface area contributed by atoms with Crippen LogP contribution >= 0.6 is 11.6 Å². The van der Waals surface area contributed by atoms with Crippen molar-refractivity contribution in [2.75, 3.05) is 19.6 Å². The molecular weight excluding hydrogens is 268 g/mol. The van der Waals surface area contributed by atoms with Gasteiger partial charge in [-0.15, -0.1) is 0 Å². The first-order chi connectivity index (χ1) is 9.83. The molecule has 3 heteroatoms. The van der Waals surface area contributed by atoms with Crippen LogP contribution in [0.2, 0.25) is 5.02 Å². The molecule has 0 saturated heterocycles. The van der Waals surface area contributed by atoms with Crippen LogP contribution in [0.15, 0.2) is 53.5 Å². The van der Waals surface area contributed by atoms with Gasteiger partial charge in [0.15, 0.2) is 0 Å². The summed E-state index contributed by atoms with van der Waals surface area (Å²) in [6, 6.07) is 16.9. The fourth-order valence-corrected chi connectivity index (χ4v) is 3.35. The molecule has 2 aliphatic rings. The summed E-state index contributed by atoms with van der Waals surface area (Å²) >= 11 is 6.01. The van der Waals surface area contributed by atoms with E-state index in [0.29, 0.717) is 5.92 Å². The molecule has 0 saturated carbocycles. The Morgan fingerprint density at radius 2 is 1.85 bits per heavy atom. The molecule has 20 heavy (non-hydrogen) atoms. The van der Waals surface area contributed by atoms with E-state index in [2.05, 4.69) is 46.3 Å². The fourth-order valence-electron chi connectivity index (χ4n) is 3.22. The van der Waals surface area contributed by atoms with Crippen molar-refractivity contribution in [3.63, 3.8) is 0 Å². The number of aliphatic imine (C=N–C) groups is 1. The van der Waals surface area contributed by atoms with Crippen molar-refractivity contribution in [3.05, 3.63) is 70.2 Å². The van der Waals surface area contributed by atoms with Gasteiger partial charge in [0, 0.05) is 29.6 Å². The predicted molar refractivity (Wildman–Crippen MR) is 82.7 cm³/mol. The highest BCUT2D eigenvalue weighted by atomic mass is 35.5. The second-order valence-corrected chi connectivity index (χ2v) is 5.78. The maximum Gasteiger partial charge on any atom is 0.131 e. The molecule has 0 aliphatic carbocycles. The SMILES string of the molecule is Clc1ccc(C2CN3CCN=C3c3ccccc32)cc1. The van der Waals surface area contributed by atoms with Gasteiger partial charge in [0.2, 0.25) is 0 Å². The van der Waals surface area contributed by atoms with Crippen molar-refractivity contribution < 1.29 is 0 Å². The van der Waals surface area contributed by atoms with E-state index < -0.39 is 0 Å². The Balaban J connectivity index is 1.84. The van der Waals surface area contributed by atoms with Crippen molar-refractivity contribution >= 4 is 17.4 Å². The summed E-state index contributed by atoms with van der Waals surface area (Å²) in [5, 5.41) is 0.793. The van der Waals surface area contributed by atoms with Crippen molar-refractivity contribution in [1.29, 1.82) is 0 Å². The lowest BCUT2D eigenvalue weighted by atomic mass is 9.84. The Bertz CT molecular complexity index is 676. The van der Waals surface area contributed by atoms with E-state index in [4.69, 9.17) is 11.6 Å². The minimum atomic E-state index is 0.403. The van der Waals surface area contributed by atoms with Crippen LogP contribution < -0.4 is 0 Å². The number of fused-ring (bicyclic) bond motifs is 3. The Hall–Kier alpha value is -1.80. The van der Waals surface area contributed by atoms with Crippen LogP contribution in [0.25, 0.3) is 0 Å². The molecule has 4 rings (SSSR count). The summed E-state index contributed by atoms with van der Waals surface area (Å²) in [6.07, 6.45) is 0. The zero-order valence-electron chi connectivity index (χ0n) is 11.1. The second-order valence-electron chi connectivity index (χ2n) is 5.34. The third-order valence-corrected chi connectivity index (χ3v) is 4.44. The van der Waals surface area contributed by atoms with E-state index in [1.807, 2.05) is 12.1 Å². The lowest BCUT2D eigenvalue weighted by Crippen LogP contribution is -2.38. The molecule has 100 valence electrons. The monoisotopic (exact) mass is 282 g/mol. The van der Waals surface area contributed by atoms with Crippen LogP contribution in [0.1, 0.15) is 22.6 Å². The van der Waals surface area contributed by atoms with Crippen LogP contribution in [-0.4, -0.2) is 30.4 Å². The molecule has 0 N–H and O–H groups in total. The summed E-state index contributed by atoms with van der Waals surface area (Å²) in [5.41, 5.74) is 4.00. The third kappa shape index (κ3) is 1.83. The molecule has 0 bridgehead atoms. The third-order valence-electron chi connectivity index (χ3n) is 4.18. The van der Waals surface area contributed by atoms with E-state index >= 15 is 0 Å². The van der Waals surface area contributed by atoms with Gasteiger partial charge in [-0.1, -0.05) is 48.0 Å². The summed E-state index contributed by atoms with van der Waals surface area (Å²) in [4.78, 5) is 7.07. The van der Waals surface area contributed by atoms with Crippen LogP contribution in [0.4, 0.5) is 0 Å². The quantitative estimate of drug-likeness (QED) is 0.781. The van der Waals surface area contributed by atoms with Crippen molar-refractivity contribution in [2.24, 2.45) is 4.99 Å². The molecular formula is C17H15ClN2. The van der Waals surface area contributed by atoms with Gasteiger partial charge in [0.25, 0.3) is 0 Å². The largest absolute Gasteiger partial charge is 0.354 e. The first-order valence-electron chi connectivity index (χ1n) is 6.97. The number of benzene rings is 2. The highest BCUT2D eigenvalue weighted by molar-refractivity contribution is 6.30. The average molecular weight is 283 g/mol. The van der Waals surface area contributed by atoms with Gasteiger partial charge in [0.1, 0.15) is 5.84 Å². The zero-order valence-corrected chi connectivity index (χ0v) is 11.8. The number of hydrogen-bond acceptors (Lipinski definition) is 2. The Morgan fingerprint density at radius 3 is 2.70 bits per heavy atom. The smallest absolute Gasteiger partial charge is 0.131 e. The van der Waals surface area contributed by atoms with E-state index in [-0.39, 0.29) is 0 Å². The van der Waals surface area contributed by atoms with Gasteiger partial charge in [-0.3, -0.25) is 4.99 Å². The topological polar surface area (TPSA) is 15.6 Å². The summed E-state index contributed by atoms with van der Waals surface area (Å²) in [6.45, 7) is 2.96. The molecule has 1 unspecified atom stereocenters. The maximum atomic E-state index is 6.01. The van der Waals surface area contributed by atoms with Crippen LogP contribution in [0.5, 0.6) is 0 Å². The van der Waals surface area contributed by atoms with E-state index in [9.17, 15) is 0 Å². The molecule has 0 radical (unpaired) electrons. The first kappa shape index (κ1) is 12.0. The standard InChI is InChI=1S/C17H15ClN2/c18-13-7-5-12(6-8-13)16-11-20-10-9-19-17(20)15-4-2-1-3-14(15)16/h1-8,16H,9-11H2. The summed E-state index contributed by atoms with van der Waals surface area (Å²) in [7, 11) is 0. The van der Waals surface area contributed by atoms with E-state index in [1.165, 1.54) is 22.5 Å². The normalized spacial score (nSPS) is 20.4. The number of halogens is 1. The molecule has 0 fully saturated rings. The first-order valence-corrected chi connectivity index (χ1v) is 7.35. The number of hydrogen-bond donors (Lipinski definition) is 0. The summed E-state index contributed by atoms with van der Waals surface area (Å²) < 4.78 is 0. The molecule has 0 aromatic heterocycles. The van der Waals surface area contributed by atoms with Crippen LogP contribution in [-0.2, 0) is 0 Å². The molecule has 2 heterocycles. The molecule has 1 atom stereocenters. The van der Waals surface area contributed by atoms with Crippen molar-refractivity contribution in [1.82, 2.24) is 4.90 Å². The number of rotatable bonds is 1. The predicted octanol–water partition coefficient (Wildman–Crippen LogP) is 3.55. The van der Waals surface area contributed by atoms with Crippen LogP contribution in [0, 0.1) is 0 Å². The van der Waals surface area contributed by atoms with Crippen molar-refractivity contribution in [2.45, 2.75) is 5.92 Å². The average Bonchev–Trinajstić information content (AvgIpc) is 2.96. The highest BCUT2D eigenvalue weighted by Crippen LogP contribution is 2.35. The highest BCUT2D eigenvalue weighted by Gasteiger charge is 2.32. The molecule has 0 amide bonds. The Morgan fingerprint density at radius 1 is 1.05 bits per heavy atom. The zero-order chi connectivity index (χ0) is 13.5. The van der Waals surface area contributed by atoms with Gasteiger partial charge >= 0.3 is 0 Å². The maximum absolute atomic E-state index is 6.01. The molecule has 2 nitrogen and oxygen atoms in total. The Kier molecular flexibility index (Phi) is 2.78. The number of amidine groups is 1. The molecule has 2 aromatic rings. The minimum Gasteiger partial charge on any atom is -0.354 e. The lowest BCUT2D eigenvalue weighted by Gasteiger charge is -2.34. The lowest BCUT2D eigenvalue weighted by molar-refractivity contribution is 0.426. The minimum absolute atomic E-state index is 0.403. The van der Waals surface area contributed by atoms with Gasteiger partial charge in [-0.05, 0) is 23.3 Å². The van der Waals surface area contributed by atoms with Gasteiger partial charge < -0.3 is 4.90 Å².